The average molecular weight is 363 g/mol. The van der Waals surface area contributed by atoms with Gasteiger partial charge in [-0.15, -0.1) is 0 Å². The number of ether oxygens (including phenoxy) is 1. The summed E-state index contributed by atoms with van der Waals surface area (Å²) < 4.78 is 44.3. The number of anilines is 1. The van der Waals surface area contributed by atoms with Crippen molar-refractivity contribution in [3.8, 4) is 0 Å². The number of amides is 1. The zero-order valence-electron chi connectivity index (χ0n) is 13.8. The van der Waals surface area contributed by atoms with Gasteiger partial charge in [0.2, 0.25) is 0 Å². The first-order chi connectivity index (χ1) is 12.4. The van der Waals surface area contributed by atoms with E-state index in [-0.39, 0.29) is 6.42 Å². The maximum atomic E-state index is 13.5. The Morgan fingerprint density at radius 3 is 2.58 bits per heavy atom. The Labute approximate surface area is 148 Å². The molecule has 3 rings (SSSR count). The fraction of sp³-hybridized carbons (Fsp3) is 0.263. The molecule has 2 aromatic carbocycles. The van der Waals surface area contributed by atoms with Crippen LogP contribution in [0.3, 0.4) is 0 Å². The number of fused-ring (bicyclic) bond motifs is 1. The van der Waals surface area contributed by atoms with E-state index in [2.05, 4.69) is 0 Å². The van der Waals surface area contributed by atoms with Gasteiger partial charge in [0.15, 0.2) is 24.1 Å². The van der Waals surface area contributed by atoms with E-state index in [0.29, 0.717) is 6.07 Å². The van der Waals surface area contributed by atoms with Crippen LogP contribution in [0.4, 0.5) is 18.9 Å². The van der Waals surface area contributed by atoms with E-state index >= 15 is 0 Å². The first-order valence-corrected chi connectivity index (χ1v) is 8.13. The van der Waals surface area contributed by atoms with Crippen molar-refractivity contribution in [3.63, 3.8) is 0 Å². The standard InChI is InChI=1S/C19H16F3NO3/c20-14-6-7-15(19(22)18(14)21)23-16(24)10-26-17(25)9-11-4-5-12-2-1-3-13(12)8-11/h4-8H,1-3,9-10H2,(H,23,24). The molecule has 0 saturated heterocycles. The third-order valence-corrected chi connectivity index (χ3v) is 4.18. The number of carbonyl (C=O) groups excluding carboxylic acids is 2. The summed E-state index contributed by atoms with van der Waals surface area (Å²) in [6.07, 6.45) is 3.14. The molecule has 26 heavy (non-hydrogen) atoms. The van der Waals surface area contributed by atoms with Crippen molar-refractivity contribution in [1.82, 2.24) is 0 Å². The first kappa shape index (κ1) is 18.0. The molecule has 0 saturated carbocycles. The second-order valence-electron chi connectivity index (χ2n) is 6.07. The van der Waals surface area contributed by atoms with E-state index < -0.39 is 41.6 Å². The summed E-state index contributed by atoms with van der Waals surface area (Å²) in [4.78, 5) is 23.5. The lowest BCUT2D eigenvalue weighted by molar-refractivity contribution is -0.146. The molecule has 0 aliphatic heterocycles. The fourth-order valence-corrected chi connectivity index (χ4v) is 2.91. The number of benzene rings is 2. The van der Waals surface area contributed by atoms with Crippen LogP contribution in [0.2, 0.25) is 0 Å². The van der Waals surface area contributed by atoms with Crippen LogP contribution >= 0.6 is 0 Å². The minimum atomic E-state index is -1.68. The molecule has 1 aliphatic rings. The van der Waals surface area contributed by atoms with Crippen molar-refractivity contribution < 1.29 is 27.5 Å². The van der Waals surface area contributed by atoms with Gasteiger partial charge in [0.1, 0.15) is 0 Å². The van der Waals surface area contributed by atoms with Crippen molar-refractivity contribution in [2.24, 2.45) is 0 Å². The monoisotopic (exact) mass is 363 g/mol. The summed E-state index contributed by atoms with van der Waals surface area (Å²) in [5.41, 5.74) is 2.78. The van der Waals surface area contributed by atoms with Crippen molar-refractivity contribution in [2.75, 3.05) is 11.9 Å². The minimum absolute atomic E-state index is 0.0140. The number of carbonyl (C=O) groups is 2. The van der Waals surface area contributed by atoms with Crippen LogP contribution in [0.5, 0.6) is 0 Å². The lowest BCUT2D eigenvalue weighted by Crippen LogP contribution is -2.22. The Morgan fingerprint density at radius 2 is 1.77 bits per heavy atom. The number of aryl methyl sites for hydroxylation is 2. The third kappa shape index (κ3) is 4.04. The van der Waals surface area contributed by atoms with Crippen LogP contribution in [0.1, 0.15) is 23.1 Å². The molecular formula is C19H16F3NO3. The Bertz CT molecular complexity index is 867. The van der Waals surface area contributed by atoms with Crippen molar-refractivity contribution in [1.29, 1.82) is 0 Å². The largest absolute Gasteiger partial charge is 0.455 e. The van der Waals surface area contributed by atoms with Crippen LogP contribution in [-0.4, -0.2) is 18.5 Å². The van der Waals surface area contributed by atoms with Gasteiger partial charge in [-0.05, 0) is 48.1 Å². The lowest BCUT2D eigenvalue weighted by atomic mass is 10.0. The molecule has 4 nitrogen and oxygen atoms in total. The van der Waals surface area contributed by atoms with Crippen LogP contribution in [0, 0.1) is 17.5 Å². The third-order valence-electron chi connectivity index (χ3n) is 4.18. The highest BCUT2D eigenvalue weighted by molar-refractivity contribution is 5.93. The van der Waals surface area contributed by atoms with Crippen molar-refractivity contribution >= 4 is 17.6 Å². The van der Waals surface area contributed by atoms with Crippen LogP contribution in [0.15, 0.2) is 30.3 Å². The maximum absolute atomic E-state index is 13.5. The van der Waals surface area contributed by atoms with Gasteiger partial charge in [-0.2, -0.15) is 0 Å². The van der Waals surface area contributed by atoms with E-state index in [9.17, 15) is 22.8 Å². The second kappa shape index (κ2) is 7.59. The smallest absolute Gasteiger partial charge is 0.310 e. The van der Waals surface area contributed by atoms with E-state index in [1.807, 2.05) is 23.5 Å². The van der Waals surface area contributed by atoms with Gasteiger partial charge in [0.25, 0.3) is 5.91 Å². The molecule has 1 aliphatic carbocycles. The molecule has 0 bridgehead atoms. The Hall–Kier alpha value is -2.83. The van der Waals surface area contributed by atoms with E-state index in [1.54, 1.807) is 0 Å². The highest BCUT2D eigenvalue weighted by Crippen LogP contribution is 2.23. The molecule has 0 radical (unpaired) electrons. The van der Waals surface area contributed by atoms with Gasteiger partial charge in [0.05, 0.1) is 12.1 Å². The number of halogens is 3. The van der Waals surface area contributed by atoms with E-state index in [4.69, 9.17) is 4.74 Å². The summed E-state index contributed by atoms with van der Waals surface area (Å²) in [6, 6.07) is 7.37. The van der Waals surface area contributed by atoms with Gasteiger partial charge in [-0.3, -0.25) is 9.59 Å². The van der Waals surface area contributed by atoms with E-state index in [0.717, 1.165) is 30.9 Å². The summed E-state index contributed by atoms with van der Waals surface area (Å²) in [7, 11) is 0. The zero-order chi connectivity index (χ0) is 18.7. The predicted molar refractivity (Wildman–Crippen MR) is 88.1 cm³/mol. The van der Waals surface area contributed by atoms with Crippen LogP contribution < -0.4 is 5.32 Å². The van der Waals surface area contributed by atoms with Crippen molar-refractivity contribution in [3.05, 3.63) is 64.5 Å². The molecule has 0 heterocycles. The molecule has 1 N–H and O–H groups in total. The topological polar surface area (TPSA) is 55.4 Å². The number of esters is 1. The van der Waals surface area contributed by atoms with Gasteiger partial charge in [0, 0.05) is 0 Å². The normalized spacial score (nSPS) is 12.6. The molecular weight excluding hydrogens is 347 g/mol. The van der Waals surface area contributed by atoms with Crippen molar-refractivity contribution in [2.45, 2.75) is 25.7 Å². The summed E-state index contributed by atoms with van der Waals surface area (Å²) in [6.45, 7) is -0.651. The van der Waals surface area contributed by atoms with Crippen LogP contribution in [-0.2, 0) is 33.6 Å². The molecule has 1 amide bonds. The van der Waals surface area contributed by atoms with E-state index in [1.165, 1.54) is 11.1 Å². The molecule has 0 unspecified atom stereocenters. The van der Waals surface area contributed by atoms with Crippen LogP contribution in [0.25, 0.3) is 0 Å². The lowest BCUT2D eigenvalue weighted by Gasteiger charge is -2.09. The molecule has 2 aromatic rings. The summed E-state index contributed by atoms with van der Waals surface area (Å²) in [5, 5.41) is 2.03. The number of hydrogen-bond donors (Lipinski definition) is 1. The van der Waals surface area contributed by atoms with Gasteiger partial charge in [-0.1, -0.05) is 18.2 Å². The highest BCUT2D eigenvalue weighted by Gasteiger charge is 2.17. The Morgan fingerprint density at radius 1 is 1.00 bits per heavy atom. The Kier molecular flexibility index (Phi) is 5.25. The van der Waals surface area contributed by atoms with Gasteiger partial charge >= 0.3 is 5.97 Å². The van der Waals surface area contributed by atoms with Gasteiger partial charge < -0.3 is 10.1 Å². The van der Waals surface area contributed by atoms with Gasteiger partial charge in [-0.25, -0.2) is 13.2 Å². The molecule has 0 fully saturated rings. The fourth-order valence-electron chi connectivity index (χ4n) is 2.91. The summed E-state index contributed by atoms with van der Waals surface area (Å²) in [5.74, 6) is -6.01. The quantitative estimate of drug-likeness (QED) is 0.655. The molecule has 0 atom stereocenters. The molecule has 0 aromatic heterocycles. The summed E-state index contributed by atoms with van der Waals surface area (Å²) >= 11 is 0. The number of hydrogen-bond acceptors (Lipinski definition) is 3. The minimum Gasteiger partial charge on any atom is -0.455 e. The molecule has 136 valence electrons. The molecule has 7 heteroatoms. The highest BCUT2D eigenvalue weighted by atomic mass is 19.2. The zero-order valence-corrected chi connectivity index (χ0v) is 13.8. The SMILES string of the molecule is O=C(COC(=O)Cc1ccc2c(c1)CCC2)Nc1ccc(F)c(F)c1F. The molecule has 0 spiro atoms. The maximum Gasteiger partial charge on any atom is 0.310 e. The predicted octanol–water partition coefficient (Wildman–Crippen LogP) is 3.32. The Balaban J connectivity index is 1.51. The number of rotatable bonds is 5. The average Bonchev–Trinajstić information content (AvgIpc) is 3.08. The first-order valence-electron chi connectivity index (χ1n) is 8.13. The number of nitrogens with one attached hydrogen (secondary N) is 1. The second-order valence-corrected chi connectivity index (χ2v) is 6.07.